The van der Waals surface area contributed by atoms with E-state index in [0.29, 0.717) is 0 Å². The molecule has 2 aromatic rings. The second-order valence-corrected chi connectivity index (χ2v) is 3.65. The van der Waals surface area contributed by atoms with E-state index in [1.807, 2.05) is 0 Å². The van der Waals surface area contributed by atoms with Gasteiger partial charge in [-0.3, -0.25) is 0 Å². The third-order valence-electron chi connectivity index (χ3n) is 2.38. The van der Waals surface area contributed by atoms with E-state index in [1.165, 1.54) is 6.07 Å². The van der Waals surface area contributed by atoms with Crippen molar-refractivity contribution in [2.75, 3.05) is 5.32 Å². The molecule has 0 aliphatic carbocycles. The van der Waals surface area contributed by atoms with Gasteiger partial charge in [0, 0.05) is 0 Å². The first-order valence-electron chi connectivity index (χ1n) is 5.13. The van der Waals surface area contributed by atoms with Gasteiger partial charge in [0.05, 0.1) is 17.3 Å². The highest BCUT2D eigenvalue weighted by Gasteiger charge is 2.14. The highest BCUT2D eigenvalue weighted by atomic mass is 19.2. The Hall–Kier alpha value is -2.55. The first-order chi connectivity index (χ1) is 9.02. The van der Waals surface area contributed by atoms with Gasteiger partial charge in [0.25, 0.3) is 0 Å². The number of anilines is 2. The summed E-state index contributed by atoms with van der Waals surface area (Å²) in [6.45, 7) is 0. The molecule has 0 saturated heterocycles. The number of hydrogen-bond acceptors (Lipinski definition) is 2. The van der Waals surface area contributed by atoms with Crippen molar-refractivity contribution in [2.24, 2.45) is 0 Å². The van der Waals surface area contributed by atoms with Gasteiger partial charge in [0.2, 0.25) is 0 Å². The zero-order valence-electron chi connectivity index (χ0n) is 9.35. The van der Waals surface area contributed by atoms with Crippen LogP contribution in [0, 0.1) is 34.6 Å². The van der Waals surface area contributed by atoms with Crippen molar-refractivity contribution >= 4 is 11.4 Å². The number of rotatable bonds is 2. The van der Waals surface area contributed by atoms with Crippen molar-refractivity contribution < 1.29 is 17.6 Å². The van der Waals surface area contributed by atoms with Crippen molar-refractivity contribution in [3.8, 4) is 6.07 Å². The van der Waals surface area contributed by atoms with Gasteiger partial charge in [0.1, 0.15) is 5.69 Å². The lowest BCUT2D eigenvalue weighted by Gasteiger charge is -2.10. The van der Waals surface area contributed by atoms with Crippen LogP contribution < -0.4 is 5.32 Å². The summed E-state index contributed by atoms with van der Waals surface area (Å²) < 4.78 is 53.4. The molecule has 0 atom stereocenters. The van der Waals surface area contributed by atoms with Crippen LogP contribution in [0.15, 0.2) is 30.3 Å². The van der Waals surface area contributed by atoms with E-state index in [-0.39, 0.29) is 5.56 Å². The maximum atomic E-state index is 13.5. The Kier molecular flexibility index (Phi) is 3.38. The van der Waals surface area contributed by atoms with E-state index in [2.05, 4.69) is 5.32 Å². The number of halogens is 4. The second-order valence-electron chi connectivity index (χ2n) is 3.65. The summed E-state index contributed by atoms with van der Waals surface area (Å²) in [7, 11) is 0. The molecule has 19 heavy (non-hydrogen) atoms. The third-order valence-corrected chi connectivity index (χ3v) is 2.38. The molecule has 0 bridgehead atoms. The molecular formula is C13H6F4N2. The molecule has 0 aliphatic rings. The monoisotopic (exact) mass is 266 g/mol. The fraction of sp³-hybridized carbons (Fsp3) is 0. The first-order valence-corrected chi connectivity index (χ1v) is 5.13. The van der Waals surface area contributed by atoms with Gasteiger partial charge in [0.15, 0.2) is 23.3 Å². The first kappa shape index (κ1) is 12.9. The minimum Gasteiger partial charge on any atom is -0.348 e. The van der Waals surface area contributed by atoms with Gasteiger partial charge in [-0.1, -0.05) is 6.07 Å². The van der Waals surface area contributed by atoms with Crippen LogP contribution >= 0.6 is 0 Å². The van der Waals surface area contributed by atoms with E-state index < -0.39 is 34.6 Å². The lowest BCUT2D eigenvalue weighted by Crippen LogP contribution is -2.01. The molecule has 96 valence electrons. The molecule has 0 saturated carbocycles. The second kappa shape index (κ2) is 4.98. The molecule has 6 heteroatoms. The van der Waals surface area contributed by atoms with E-state index >= 15 is 0 Å². The summed E-state index contributed by atoms with van der Waals surface area (Å²) in [5, 5.41) is 10.7. The largest absolute Gasteiger partial charge is 0.348 e. The SMILES string of the molecule is N#Cc1cc(F)c(Nc2cccc(F)c2F)c(F)c1. The van der Waals surface area contributed by atoms with E-state index in [0.717, 1.165) is 24.3 Å². The van der Waals surface area contributed by atoms with Crippen LogP contribution in [0.5, 0.6) is 0 Å². The summed E-state index contributed by atoms with van der Waals surface area (Å²) in [6.07, 6.45) is 0. The number of nitrogens with one attached hydrogen (secondary N) is 1. The molecule has 1 N–H and O–H groups in total. The number of nitriles is 1. The van der Waals surface area contributed by atoms with Crippen molar-refractivity contribution in [1.82, 2.24) is 0 Å². The van der Waals surface area contributed by atoms with Crippen molar-refractivity contribution in [3.63, 3.8) is 0 Å². The lowest BCUT2D eigenvalue weighted by molar-refractivity contribution is 0.511. The number of hydrogen-bond donors (Lipinski definition) is 1. The minimum atomic E-state index is -1.24. The summed E-state index contributed by atoms with van der Waals surface area (Å²) in [5.74, 6) is -4.52. The van der Waals surface area contributed by atoms with Crippen LogP contribution in [0.4, 0.5) is 28.9 Å². The molecule has 0 aliphatic heterocycles. The number of nitrogens with zero attached hydrogens (tertiary/aromatic N) is 1. The topological polar surface area (TPSA) is 35.8 Å². The third kappa shape index (κ3) is 2.50. The normalized spacial score (nSPS) is 10.1. The van der Waals surface area contributed by atoms with E-state index in [4.69, 9.17) is 5.26 Å². The summed E-state index contributed by atoms with van der Waals surface area (Å²) in [5.41, 5.74) is -1.26. The average molecular weight is 266 g/mol. The molecule has 2 rings (SSSR count). The molecule has 0 unspecified atom stereocenters. The van der Waals surface area contributed by atoms with Crippen molar-refractivity contribution in [1.29, 1.82) is 5.26 Å². The van der Waals surface area contributed by atoms with Crippen LogP contribution in [-0.2, 0) is 0 Å². The Morgan fingerprint density at radius 1 is 0.947 bits per heavy atom. The zero-order chi connectivity index (χ0) is 14.0. The van der Waals surface area contributed by atoms with Gasteiger partial charge in [-0.15, -0.1) is 0 Å². The predicted octanol–water partition coefficient (Wildman–Crippen LogP) is 3.86. The van der Waals surface area contributed by atoms with Gasteiger partial charge >= 0.3 is 0 Å². The molecule has 0 heterocycles. The van der Waals surface area contributed by atoms with Crippen LogP contribution in [0.25, 0.3) is 0 Å². The van der Waals surface area contributed by atoms with Crippen LogP contribution in [0.1, 0.15) is 5.56 Å². The lowest BCUT2D eigenvalue weighted by atomic mass is 10.2. The fourth-order valence-corrected chi connectivity index (χ4v) is 1.49. The highest BCUT2D eigenvalue weighted by molar-refractivity contribution is 5.62. The van der Waals surface area contributed by atoms with Crippen LogP contribution in [0.2, 0.25) is 0 Å². The smallest absolute Gasteiger partial charge is 0.182 e. The van der Waals surface area contributed by atoms with Crippen LogP contribution in [0.3, 0.4) is 0 Å². The molecular weight excluding hydrogens is 260 g/mol. The zero-order valence-corrected chi connectivity index (χ0v) is 9.35. The Morgan fingerprint density at radius 3 is 2.16 bits per heavy atom. The molecule has 2 nitrogen and oxygen atoms in total. The van der Waals surface area contributed by atoms with Crippen LogP contribution in [-0.4, -0.2) is 0 Å². The van der Waals surface area contributed by atoms with Gasteiger partial charge < -0.3 is 5.32 Å². The summed E-state index contributed by atoms with van der Waals surface area (Å²) in [4.78, 5) is 0. The molecule has 2 aromatic carbocycles. The fourth-order valence-electron chi connectivity index (χ4n) is 1.49. The molecule has 0 amide bonds. The molecule has 0 radical (unpaired) electrons. The Balaban J connectivity index is 2.45. The van der Waals surface area contributed by atoms with Gasteiger partial charge in [-0.2, -0.15) is 5.26 Å². The number of benzene rings is 2. The molecule has 0 fully saturated rings. The van der Waals surface area contributed by atoms with E-state index in [1.54, 1.807) is 6.07 Å². The minimum absolute atomic E-state index is 0.208. The highest BCUT2D eigenvalue weighted by Crippen LogP contribution is 2.26. The Morgan fingerprint density at radius 2 is 1.58 bits per heavy atom. The average Bonchev–Trinajstić information content (AvgIpc) is 2.38. The Labute approximate surface area is 105 Å². The standard InChI is InChI=1S/C13H6F4N2/c14-8-2-1-3-11(12(8)17)19-13-9(15)4-7(6-18)5-10(13)16/h1-5,19H. The predicted molar refractivity (Wildman–Crippen MR) is 60.7 cm³/mol. The quantitative estimate of drug-likeness (QED) is 0.838. The summed E-state index contributed by atoms with van der Waals surface area (Å²) in [6, 6.07) is 6.38. The van der Waals surface area contributed by atoms with Gasteiger partial charge in [-0.25, -0.2) is 17.6 Å². The summed E-state index contributed by atoms with van der Waals surface area (Å²) >= 11 is 0. The van der Waals surface area contributed by atoms with Gasteiger partial charge in [-0.05, 0) is 24.3 Å². The van der Waals surface area contributed by atoms with Crippen molar-refractivity contribution in [3.05, 3.63) is 59.2 Å². The maximum Gasteiger partial charge on any atom is 0.182 e. The molecule has 0 spiro atoms. The maximum absolute atomic E-state index is 13.5. The molecule has 0 aromatic heterocycles. The van der Waals surface area contributed by atoms with Crippen molar-refractivity contribution in [2.45, 2.75) is 0 Å². The van der Waals surface area contributed by atoms with E-state index in [9.17, 15) is 17.6 Å². The Bertz CT molecular complexity index is 654.